The molecule has 2 rings (SSSR count). The molecule has 1 aliphatic rings. The molecule has 0 aliphatic carbocycles. The SMILES string of the molecule is CC(C)(O)c1ccc2c(c1)NCC2. The summed E-state index contributed by atoms with van der Waals surface area (Å²) < 4.78 is 0. The van der Waals surface area contributed by atoms with E-state index in [2.05, 4.69) is 11.4 Å². The van der Waals surface area contributed by atoms with Gasteiger partial charge in [0.05, 0.1) is 5.60 Å². The molecular formula is C11H15NO. The molecule has 0 saturated heterocycles. The van der Waals surface area contributed by atoms with Gasteiger partial charge in [-0.3, -0.25) is 0 Å². The Morgan fingerprint density at radius 2 is 2.15 bits per heavy atom. The van der Waals surface area contributed by atoms with Crippen molar-refractivity contribution in [2.45, 2.75) is 25.9 Å². The number of rotatable bonds is 1. The molecular weight excluding hydrogens is 162 g/mol. The van der Waals surface area contributed by atoms with Gasteiger partial charge in [0.2, 0.25) is 0 Å². The second kappa shape index (κ2) is 2.74. The van der Waals surface area contributed by atoms with Gasteiger partial charge >= 0.3 is 0 Å². The number of aliphatic hydroxyl groups is 1. The summed E-state index contributed by atoms with van der Waals surface area (Å²) in [5.41, 5.74) is 2.77. The molecule has 1 heterocycles. The lowest BCUT2D eigenvalue weighted by atomic mass is 9.96. The molecule has 0 amide bonds. The highest BCUT2D eigenvalue weighted by atomic mass is 16.3. The van der Waals surface area contributed by atoms with Crippen molar-refractivity contribution < 1.29 is 5.11 Å². The molecule has 0 unspecified atom stereocenters. The molecule has 0 atom stereocenters. The summed E-state index contributed by atoms with van der Waals surface area (Å²) in [7, 11) is 0. The summed E-state index contributed by atoms with van der Waals surface area (Å²) in [5.74, 6) is 0. The van der Waals surface area contributed by atoms with Crippen molar-refractivity contribution in [3.8, 4) is 0 Å². The van der Waals surface area contributed by atoms with Gasteiger partial charge in [-0.2, -0.15) is 0 Å². The van der Waals surface area contributed by atoms with Gasteiger partial charge in [-0.25, -0.2) is 0 Å². The van der Waals surface area contributed by atoms with Gasteiger partial charge in [-0.15, -0.1) is 0 Å². The fourth-order valence-corrected chi connectivity index (χ4v) is 1.67. The third kappa shape index (κ3) is 1.54. The molecule has 1 aromatic rings. The van der Waals surface area contributed by atoms with Crippen molar-refractivity contribution in [1.29, 1.82) is 0 Å². The number of anilines is 1. The number of benzene rings is 1. The van der Waals surface area contributed by atoms with Crippen LogP contribution in [0.5, 0.6) is 0 Å². The first-order chi connectivity index (χ1) is 6.07. The van der Waals surface area contributed by atoms with Crippen LogP contribution in [0.1, 0.15) is 25.0 Å². The minimum Gasteiger partial charge on any atom is -0.386 e. The zero-order valence-electron chi connectivity index (χ0n) is 8.09. The van der Waals surface area contributed by atoms with Crippen molar-refractivity contribution in [3.63, 3.8) is 0 Å². The van der Waals surface area contributed by atoms with Gasteiger partial charge in [0.1, 0.15) is 0 Å². The Morgan fingerprint density at radius 1 is 1.38 bits per heavy atom. The van der Waals surface area contributed by atoms with Gasteiger partial charge in [0, 0.05) is 12.2 Å². The second-order valence-electron chi connectivity index (χ2n) is 4.11. The molecule has 0 aromatic heterocycles. The van der Waals surface area contributed by atoms with Crippen molar-refractivity contribution in [3.05, 3.63) is 29.3 Å². The second-order valence-corrected chi connectivity index (χ2v) is 4.11. The van der Waals surface area contributed by atoms with Gasteiger partial charge in [0.15, 0.2) is 0 Å². The van der Waals surface area contributed by atoms with E-state index in [0.717, 1.165) is 18.5 Å². The predicted octanol–water partition coefficient (Wildman–Crippen LogP) is 1.88. The van der Waals surface area contributed by atoms with Crippen LogP contribution in [-0.2, 0) is 12.0 Å². The zero-order valence-corrected chi connectivity index (χ0v) is 8.09. The Hall–Kier alpha value is -1.02. The van der Waals surface area contributed by atoms with Crippen LogP contribution < -0.4 is 5.32 Å². The van der Waals surface area contributed by atoms with E-state index in [1.807, 2.05) is 26.0 Å². The highest BCUT2D eigenvalue weighted by Gasteiger charge is 2.18. The highest BCUT2D eigenvalue weighted by molar-refractivity contribution is 5.57. The van der Waals surface area contributed by atoms with Gasteiger partial charge in [-0.05, 0) is 37.5 Å². The number of fused-ring (bicyclic) bond motifs is 1. The molecule has 0 bridgehead atoms. The monoisotopic (exact) mass is 177 g/mol. The number of hydrogen-bond donors (Lipinski definition) is 2. The van der Waals surface area contributed by atoms with E-state index in [9.17, 15) is 5.11 Å². The summed E-state index contributed by atoms with van der Waals surface area (Å²) >= 11 is 0. The van der Waals surface area contributed by atoms with E-state index in [0.29, 0.717) is 0 Å². The molecule has 2 heteroatoms. The Balaban J connectivity index is 2.42. The molecule has 0 fully saturated rings. The first-order valence-electron chi connectivity index (χ1n) is 4.67. The Labute approximate surface area is 78.6 Å². The van der Waals surface area contributed by atoms with Crippen LogP contribution in [0.3, 0.4) is 0 Å². The number of nitrogens with one attached hydrogen (secondary N) is 1. The van der Waals surface area contributed by atoms with E-state index >= 15 is 0 Å². The van der Waals surface area contributed by atoms with Crippen molar-refractivity contribution in [2.75, 3.05) is 11.9 Å². The zero-order chi connectivity index (χ0) is 9.47. The Bertz CT molecular complexity index is 325. The fraction of sp³-hybridized carbons (Fsp3) is 0.455. The molecule has 2 nitrogen and oxygen atoms in total. The molecule has 1 aromatic carbocycles. The minimum atomic E-state index is -0.737. The fourth-order valence-electron chi connectivity index (χ4n) is 1.67. The summed E-state index contributed by atoms with van der Waals surface area (Å²) in [6, 6.07) is 6.15. The van der Waals surface area contributed by atoms with Crippen LogP contribution in [-0.4, -0.2) is 11.7 Å². The molecule has 0 saturated carbocycles. The molecule has 0 spiro atoms. The van der Waals surface area contributed by atoms with E-state index in [-0.39, 0.29) is 0 Å². The Morgan fingerprint density at radius 3 is 2.85 bits per heavy atom. The molecule has 13 heavy (non-hydrogen) atoms. The summed E-state index contributed by atoms with van der Waals surface area (Å²) in [4.78, 5) is 0. The highest BCUT2D eigenvalue weighted by Crippen LogP contribution is 2.28. The smallest absolute Gasteiger partial charge is 0.0841 e. The maximum Gasteiger partial charge on any atom is 0.0841 e. The van der Waals surface area contributed by atoms with Crippen LogP contribution in [0, 0.1) is 0 Å². The lowest BCUT2D eigenvalue weighted by Gasteiger charge is -2.18. The van der Waals surface area contributed by atoms with Gasteiger partial charge < -0.3 is 10.4 Å². The van der Waals surface area contributed by atoms with E-state index in [4.69, 9.17) is 0 Å². The molecule has 1 aliphatic heterocycles. The molecule has 2 N–H and O–H groups in total. The van der Waals surface area contributed by atoms with E-state index in [1.54, 1.807) is 0 Å². The third-order valence-corrected chi connectivity index (χ3v) is 2.53. The van der Waals surface area contributed by atoms with Crippen LogP contribution in [0.25, 0.3) is 0 Å². The Kier molecular flexibility index (Phi) is 1.81. The maximum absolute atomic E-state index is 9.79. The first-order valence-corrected chi connectivity index (χ1v) is 4.67. The lowest BCUT2D eigenvalue weighted by molar-refractivity contribution is 0.0786. The van der Waals surface area contributed by atoms with Crippen molar-refractivity contribution in [1.82, 2.24) is 0 Å². The summed E-state index contributed by atoms with van der Waals surface area (Å²) in [6.45, 7) is 4.64. The van der Waals surface area contributed by atoms with E-state index in [1.165, 1.54) is 11.3 Å². The molecule has 0 radical (unpaired) electrons. The van der Waals surface area contributed by atoms with Crippen LogP contribution >= 0.6 is 0 Å². The van der Waals surface area contributed by atoms with Crippen LogP contribution in [0.2, 0.25) is 0 Å². The first kappa shape index (κ1) is 8.57. The normalized spacial score (nSPS) is 15.3. The predicted molar refractivity (Wildman–Crippen MR) is 53.9 cm³/mol. The summed E-state index contributed by atoms with van der Waals surface area (Å²) in [6.07, 6.45) is 1.10. The third-order valence-electron chi connectivity index (χ3n) is 2.53. The van der Waals surface area contributed by atoms with E-state index < -0.39 is 5.60 Å². The van der Waals surface area contributed by atoms with Gasteiger partial charge in [-0.1, -0.05) is 12.1 Å². The van der Waals surface area contributed by atoms with Gasteiger partial charge in [0.25, 0.3) is 0 Å². The maximum atomic E-state index is 9.79. The number of hydrogen-bond acceptors (Lipinski definition) is 2. The van der Waals surface area contributed by atoms with Crippen LogP contribution in [0.4, 0.5) is 5.69 Å². The van der Waals surface area contributed by atoms with Crippen molar-refractivity contribution >= 4 is 5.69 Å². The molecule has 70 valence electrons. The van der Waals surface area contributed by atoms with Crippen LogP contribution in [0.15, 0.2) is 18.2 Å². The van der Waals surface area contributed by atoms with Crippen molar-refractivity contribution in [2.24, 2.45) is 0 Å². The standard InChI is InChI=1S/C11H15NO/c1-11(2,13)9-4-3-8-5-6-12-10(8)7-9/h3-4,7,12-13H,5-6H2,1-2H3. The quantitative estimate of drug-likeness (QED) is 0.686. The topological polar surface area (TPSA) is 32.3 Å². The average molecular weight is 177 g/mol. The average Bonchev–Trinajstić information content (AvgIpc) is 2.47. The lowest BCUT2D eigenvalue weighted by Crippen LogP contribution is -2.15. The largest absolute Gasteiger partial charge is 0.386 e. The summed E-state index contributed by atoms with van der Waals surface area (Å²) in [5, 5.41) is 13.1. The minimum absolute atomic E-state index is 0.737.